The summed E-state index contributed by atoms with van der Waals surface area (Å²) in [6, 6.07) is 2.21. The Kier molecular flexibility index (Phi) is 3.07. The molecule has 18 heavy (non-hydrogen) atoms. The summed E-state index contributed by atoms with van der Waals surface area (Å²) >= 11 is 0. The molecule has 2 unspecified atom stereocenters. The zero-order chi connectivity index (χ0) is 12.5. The minimum absolute atomic E-state index is 0.00461. The van der Waals surface area contributed by atoms with E-state index in [9.17, 15) is 4.79 Å². The van der Waals surface area contributed by atoms with Crippen molar-refractivity contribution in [1.82, 2.24) is 10.1 Å². The van der Waals surface area contributed by atoms with Gasteiger partial charge in [-0.05, 0) is 38.1 Å². The summed E-state index contributed by atoms with van der Waals surface area (Å²) in [4.78, 5) is 13.2. The van der Waals surface area contributed by atoms with Gasteiger partial charge in [0.1, 0.15) is 0 Å². The van der Waals surface area contributed by atoms with E-state index in [0.29, 0.717) is 18.3 Å². The zero-order valence-corrected chi connectivity index (χ0v) is 10.3. The van der Waals surface area contributed by atoms with Gasteiger partial charge in [-0.3, -0.25) is 4.90 Å². The largest absolute Gasteiger partial charge is 0.476 e. The average Bonchev–Trinajstić information content (AvgIpc) is 2.97. The van der Waals surface area contributed by atoms with Crippen molar-refractivity contribution in [3.05, 3.63) is 17.5 Å². The smallest absolute Gasteiger partial charge is 0.358 e. The highest BCUT2D eigenvalue weighted by Crippen LogP contribution is 2.37. The van der Waals surface area contributed by atoms with Crippen LogP contribution in [-0.2, 0) is 6.54 Å². The van der Waals surface area contributed by atoms with Gasteiger partial charge in [0.2, 0.25) is 0 Å². The minimum atomic E-state index is -1.03. The molecule has 0 spiro atoms. The second-order valence-corrected chi connectivity index (χ2v) is 5.35. The van der Waals surface area contributed by atoms with Crippen molar-refractivity contribution in [2.75, 3.05) is 6.54 Å². The van der Waals surface area contributed by atoms with Crippen molar-refractivity contribution < 1.29 is 14.4 Å². The lowest BCUT2D eigenvalue weighted by atomic mass is 9.92. The van der Waals surface area contributed by atoms with Gasteiger partial charge in [-0.1, -0.05) is 11.6 Å². The Morgan fingerprint density at radius 3 is 3.06 bits per heavy atom. The van der Waals surface area contributed by atoms with Gasteiger partial charge in [-0.2, -0.15) is 0 Å². The predicted octanol–water partition coefficient (Wildman–Crippen LogP) is 2.14. The fourth-order valence-corrected chi connectivity index (χ4v) is 3.44. The van der Waals surface area contributed by atoms with Gasteiger partial charge in [0.15, 0.2) is 11.5 Å². The summed E-state index contributed by atoms with van der Waals surface area (Å²) in [5, 5.41) is 12.4. The molecule has 5 heteroatoms. The first kappa shape index (κ1) is 11.7. The Labute approximate surface area is 106 Å². The van der Waals surface area contributed by atoms with Crippen LogP contribution in [0.3, 0.4) is 0 Å². The van der Waals surface area contributed by atoms with Crippen LogP contribution in [0.15, 0.2) is 10.6 Å². The van der Waals surface area contributed by atoms with E-state index in [2.05, 4.69) is 10.1 Å². The van der Waals surface area contributed by atoms with Crippen LogP contribution in [0.2, 0.25) is 0 Å². The van der Waals surface area contributed by atoms with Crippen LogP contribution in [0.4, 0.5) is 0 Å². The van der Waals surface area contributed by atoms with E-state index in [1.165, 1.54) is 32.1 Å². The van der Waals surface area contributed by atoms with Crippen molar-refractivity contribution in [3.8, 4) is 0 Å². The molecule has 1 aliphatic carbocycles. The number of carboxylic acids is 1. The van der Waals surface area contributed by atoms with Crippen molar-refractivity contribution >= 4 is 5.97 Å². The summed E-state index contributed by atoms with van der Waals surface area (Å²) in [6.07, 6.45) is 6.52. The lowest BCUT2D eigenvalue weighted by Crippen LogP contribution is -2.41. The molecule has 5 nitrogen and oxygen atoms in total. The molecule has 1 aliphatic heterocycles. The van der Waals surface area contributed by atoms with E-state index in [0.717, 1.165) is 12.5 Å². The fraction of sp³-hybridized carbons (Fsp3) is 0.692. The molecule has 1 aromatic rings. The Hall–Kier alpha value is -1.36. The van der Waals surface area contributed by atoms with E-state index >= 15 is 0 Å². The highest BCUT2D eigenvalue weighted by molar-refractivity contribution is 5.85. The van der Waals surface area contributed by atoms with Crippen LogP contribution in [-0.4, -0.2) is 33.7 Å². The third-order valence-corrected chi connectivity index (χ3v) is 4.25. The molecule has 1 saturated heterocycles. The number of likely N-dealkylation sites (tertiary alicyclic amines) is 1. The van der Waals surface area contributed by atoms with Gasteiger partial charge in [0.05, 0.1) is 6.54 Å². The van der Waals surface area contributed by atoms with Crippen molar-refractivity contribution in [1.29, 1.82) is 0 Å². The Balaban J connectivity index is 1.69. The molecule has 2 aliphatic rings. The molecule has 1 aromatic heterocycles. The molecular formula is C13H18N2O3. The fourth-order valence-electron chi connectivity index (χ4n) is 3.44. The van der Waals surface area contributed by atoms with E-state index < -0.39 is 5.97 Å². The van der Waals surface area contributed by atoms with Crippen molar-refractivity contribution in [2.24, 2.45) is 5.92 Å². The number of aromatic nitrogens is 1. The Bertz CT molecular complexity index is 443. The molecule has 98 valence electrons. The molecular weight excluding hydrogens is 232 g/mol. The van der Waals surface area contributed by atoms with Gasteiger partial charge in [0.25, 0.3) is 0 Å². The van der Waals surface area contributed by atoms with Crippen molar-refractivity contribution in [2.45, 2.75) is 44.7 Å². The monoisotopic (exact) mass is 250 g/mol. The van der Waals surface area contributed by atoms with Crippen LogP contribution in [0.5, 0.6) is 0 Å². The topological polar surface area (TPSA) is 66.6 Å². The van der Waals surface area contributed by atoms with E-state index in [-0.39, 0.29) is 5.69 Å². The van der Waals surface area contributed by atoms with Gasteiger partial charge in [-0.25, -0.2) is 4.79 Å². The first-order chi connectivity index (χ1) is 8.74. The van der Waals surface area contributed by atoms with E-state index in [1.807, 2.05) is 0 Å². The summed E-state index contributed by atoms with van der Waals surface area (Å²) < 4.78 is 5.10. The normalized spacial score (nSPS) is 28.2. The second kappa shape index (κ2) is 4.72. The van der Waals surface area contributed by atoms with Gasteiger partial charge >= 0.3 is 5.97 Å². The predicted molar refractivity (Wildman–Crippen MR) is 64.2 cm³/mol. The van der Waals surface area contributed by atoms with Crippen LogP contribution in [0, 0.1) is 5.92 Å². The first-order valence-corrected chi connectivity index (χ1v) is 6.67. The molecule has 0 radical (unpaired) electrons. The lowest BCUT2D eigenvalue weighted by molar-refractivity contribution is 0.0685. The maximum Gasteiger partial charge on any atom is 0.358 e. The number of nitrogens with zero attached hydrogens (tertiary/aromatic N) is 2. The zero-order valence-electron chi connectivity index (χ0n) is 10.3. The molecule has 2 atom stereocenters. The first-order valence-electron chi connectivity index (χ1n) is 6.67. The summed E-state index contributed by atoms with van der Waals surface area (Å²) in [6.45, 7) is 1.78. The SMILES string of the molecule is O=C(O)c1cc(CN2CCCC3CCCC32)on1. The highest BCUT2D eigenvalue weighted by Gasteiger charge is 2.35. The number of carboxylic acid groups (broad SMARTS) is 1. The number of piperidine rings is 1. The number of hydrogen-bond acceptors (Lipinski definition) is 4. The van der Waals surface area contributed by atoms with E-state index in [4.69, 9.17) is 9.63 Å². The maximum atomic E-state index is 10.8. The standard InChI is InChI=1S/C13H18N2O3/c16-13(17)11-7-10(18-14-11)8-15-6-2-4-9-3-1-5-12(9)15/h7,9,12H,1-6,8H2,(H,16,17). The number of hydrogen-bond donors (Lipinski definition) is 1. The van der Waals surface area contributed by atoms with Crippen LogP contribution in [0.25, 0.3) is 0 Å². The molecule has 0 aromatic carbocycles. The molecule has 2 fully saturated rings. The maximum absolute atomic E-state index is 10.8. The molecule has 0 amide bonds. The summed E-state index contributed by atoms with van der Waals surface area (Å²) in [7, 11) is 0. The van der Waals surface area contributed by atoms with Crippen LogP contribution < -0.4 is 0 Å². The number of fused-ring (bicyclic) bond motifs is 1. The van der Waals surface area contributed by atoms with Gasteiger partial charge in [-0.15, -0.1) is 0 Å². The number of carbonyl (C=O) groups is 1. The number of rotatable bonds is 3. The molecule has 2 heterocycles. The van der Waals surface area contributed by atoms with Crippen LogP contribution in [0.1, 0.15) is 48.4 Å². The minimum Gasteiger partial charge on any atom is -0.476 e. The summed E-state index contributed by atoms with van der Waals surface area (Å²) in [5.74, 6) is 0.475. The third kappa shape index (κ3) is 2.14. The molecule has 3 rings (SSSR count). The quantitative estimate of drug-likeness (QED) is 0.890. The summed E-state index contributed by atoms with van der Waals surface area (Å²) in [5.41, 5.74) is 0.00461. The van der Waals surface area contributed by atoms with Crippen LogP contribution >= 0.6 is 0 Å². The molecule has 1 N–H and O–H groups in total. The average molecular weight is 250 g/mol. The van der Waals surface area contributed by atoms with Gasteiger partial charge in [0, 0.05) is 12.1 Å². The Morgan fingerprint density at radius 1 is 1.44 bits per heavy atom. The Morgan fingerprint density at radius 2 is 2.28 bits per heavy atom. The molecule has 0 bridgehead atoms. The second-order valence-electron chi connectivity index (χ2n) is 5.35. The number of aromatic carboxylic acids is 1. The molecule has 1 saturated carbocycles. The van der Waals surface area contributed by atoms with Crippen molar-refractivity contribution in [3.63, 3.8) is 0 Å². The van der Waals surface area contributed by atoms with E-state index in [1.54, 1.807) is 6.07 Å². The lowest BCUT2D eigenvalue weighted by Gasteiger charge is -2.37. The third-order valence-electron chi connectivity index (χ3n) is 4.25. The highest BCUT2D eigenvalue weighted by atomic mass is 16.5. The van der Waals surface area contributed by atoms with Gasteiger partial charge < -0.3 is 9.63 Å².